The molecule has 8 heteroatoms. The maximum Gasteiger partial charge on any atom is 0.305 e. The number of carbonyl (C=O) groups is 1. The van der Waals surface area contributed by atoms with Crippen molar-refractivity contribution in [1.82, 2.24) is 20.0 Å². The van der Waals surface area contributed by atoms with E-state index >= 15 is 0 Å². The van der Waals surface area contributed by atoms with Gasteiger partial charge in [-0.15, -0.1) is 10.2 Å². The van der Waals surface area contributed by atoms with Crippen molar-refractivity contribution in [2.75, 3.05) is 19.7 Å². The second kappa shape index (κ2) is 13.8. The number of aromatic hydroxyl groups is 1. The minimum atomic E-state index is -0.215. The summed E-state index contributed by atoms with van der Waals surface area (Å²) in [4.78, 5) is 16.7. The highest BCUT2D eigenvalue weighted by molar-refractivity contribution is 5.69. The average Bonchev–Trinajstić information content (AvgIpc) is 3.46. The second-order valence-corrected chi connectivity index (χ2v) is 11.1. The summed E-state index contributed by atoms with van der Waals surface area (Å²) in [6.07, 6.45) is 1.42. The van der Waals surface area contributed by atoms with E-state index < -0.39 is 0 Å². The number of carbonyl (C=O) groups excluding carboxylic acids is 1. The fourth-order valence-electron chi connectivity index (χ4n) is 5.82. The van der Waals surface area contributed by atoms with Crippen LogP contribution in [0, 0.1) is 0 Å². The van der Waals surface area contributed by atoms with Crippen LogP contribution in [0.4, 0.5) is 0 Å². The van der Waals surface area contributed by atoms with Gasteiger partial charge in [0.1, 0.15) is 5.75 Å². The van der Waals surface area contributed by atoms with Gasteiger partial charge in [-0.25, -0.2) is 0 Å². The quantitative estimate of drug-likeness (QED) is 0.220. The van der Waals surface area contributed by atoms with Gasteiger partial charge < -0.3 is 14.3 Å². The van der Waals surface area contributed by atoms with E-state index in [4.69, 9.17) is 9.15 Å². The molecule has 1 aliphatic heterocycles. The number of aryl methyl sites for hydroxylation is 1. The first-order valence-electron chi connectivity index (χ1n) is 14.8. The summed E-state index contributed by atoms with van der Waals surface area (Å²) in [6.45, 7) is 9.49. The molecule has 1 fully saturated rings. The molecule has 0 unspecified atom stereocenters. The summed E-state index contributed by atoms with van der Waals surface area (Å²) in [5.41, 5.74) is 4.29. The van der Waals surface area contributed by atoms with Crippen LogP contribution in [0.1, 0.15) is 62.2 Å². The topological polar surface area (TPSA) is 91.9 Å². The lowest BCUT2D eigenvalue weighted by Gasteiger charge is -2.47. The van der Waals surface area contributed by atoms with Crippen LogP contribution in [0.3, 0.4) is 0 Å². The lowest BCUT2D eigenvalue weighted by atomic mass is 9.92. The molecule has 1 aliphatic rings. The number of phenols is 1. The highest BCUT2D eigenvalue weighted by Crippen LogP contribution is 2.36. The third-order valence-corrected chi connectivity index (χ3v) is 7.90. The van der Waals surface area contributed by atoms with E-state index in [9.17, 15) is 9.90 Å². The Hall–Kier alpha value is -4.01. The molecule has 8 nitrogen and oxygen atoms in total. The highest BCUT2D eigenvalue weighted by atomic mass is 16.5. The predicted octanol–water partition coefficient (Wildman–Crippen LogP) is 6.01. The predicted molar refractivity (Wildman–Crippen MR) is 162 cm³/mol. The van der Waals surface area contributed by atoms with Crippen molar-refractivity contribution in [3.63, 3.8) is 0 Å². The molecule has 3 atom stereocenters. The van der Waals surface area contributed by atoms with Gasteiger partial charge in [0.15, 0.2) is 0 Å². The van der Waals surface area contributed by atoms with E-state index in [1.165, 1.54) is 5.56 Å². The van der Waals surface area contributed by atoms with Gasteiger partial charge in [0.25, 0.3) is 0 Å². The maximum absolute atomic E-state index is 11.7. The van der Waals surface area contributed by atoms with Crippen LogP contribution in [0.5, 0.6) is 5.75 Å². The molecular weight excluding hydrogens is 528 g/mol. The van der Waals surface area contributed by atoms with Crippen molar-refractivity contribution in [2.45, 2.75) is 64.7 Å². The third-order valence-electron chi connectivity index (χ3n) is 7.90. The van der Waals surface area contributed by atoms with Crippen molar-refractivity contribution in [2.24, 2.45) is 0 Å². The monoisotopic (exact) mass is 568 g/mol. The number of esters is 1. The molecule has 0 radical (unpaired) electrons. The normalized spacial score (nSPS) is 18.5. The summed E-state index contributed by atoms with van der Waals surface area (Å²) in [7, 11) is 0. The smallest absolute Gasteiger partial charge is 0.305 e. The van der Waals surface area contributed by atoms with Gasteiger partial charge in [0.2, 0.25) is 11.8 Å². The molecule has 5 rings (SSSR count). The first-order valence-corrected chi connectivity index (χ1v) is 14.8. The Labute approximate surface area is 247 Å². The summed E-state index contributed by atoms with van der Waals surface area (Å²) >= 11 is 0. The molecule has 0 bridgehead atoms. The minimum Gasteiger partial charge on any atom is -0.508 e. The number of hydrogen-bond donors (Lipinski definition) is 1. The molecule has 1 aromatic heterocycles. The van der Waals surface area contributed by atoms with Crippen LogP contribution in [0.2, 0.25) is 0 Å². The summed E-state index contributed by atoms with van der Waals surface area (Å²) < 4.78 is 11.0. The van der Waals surface area contributed by atoms with Gasteiger partial charge in [-0.2, -0.15) is 0 Å². The van der Waals surface area contributed by atoms with Gasteiger partial charge >= 0.3 is 5.97 Å². The number of rotatable bonds is 11. The molecule has 1 N–H and O–H groups in total. The van der Waals surface area contributed by atoms with Crippen LogP contribution >= 0.6 is 0 Å². The molecule has 42 heavy (non-hydrogen) atoms. The SMILES string of the molecule is CCOC(=O)CCCc1nnc(-c2cccc([C@H](c3cccc(O)c3)N3C[C@@H](C)N(Cc4ccccc4)C[C@@H]3C)c2)o1. The lowest BCUT2D eigenvalue weighted by molar-refractivity contribution is -0.143. The Morgan fingerprint density at radius 2 is 1.74 bits per heavy atom. The number of ether oxygens (including phenoxy) is 1. The van der Waals surface area contributed by atoms with E-state index in [0.717, 1.165) is 36.3 Å². The van der Waals surface area contributed by atoms with Crippen molar-refractivity contribution >= 4 is 5.97 Å². The zero-order valence-electron chi connectivity index (χ0n) is 24.6. The van der Waals surface area contributed by atoms with E-state index in [2.05, 4.69) is 82.4 Å². The van der Waals surface area contributed by atoms with Crippen LogP contribution in [-0.4, -0.2) is 62.9 Å². The zero-order chi connectivity index (χ0) is 29.5. The fraction of sp³-hybridized carbons (Fsp3) is 0.382. The van der Waals surface area contributed by atoms with Crippen molar-refractivity contribution in [3.8, 4) is 17.2 Å². The molecule has 0 amide bonds. The Bertz CT molecular complexity index is 1460. The molecule has 3 aromatic carbocycles. The number of aromatic nitrogens is 2. The molecule has 4 aromatic rings. The molecule has 0 spiro atoms. The summed E-state index contributed by atoms with van der Waals surface area (Å²) in [5.74, 6) is 0.988. The van der Waals surface area contributed by atoms with Crippen molar-refractivity contribution in [1.29, 1.82) is 0 Å². The van der Waals surface area contributed by atoms with E-state index in [-0.39, 0.29) is 23.8 Å². The third kappa shape index (κ3) is 7.24. The summed E-state index contributed by atoms with van der Waals surface area (Å²) in [5, 5.41) is 18.9. The first-order chi connectivity index (χ1) is 20.4. The molecule has 2 heterocycles. The lowest BCUT2D eigenvalue weighted by Crippen LogP contribution is -2.56. The van der Waals surface area contributed by atoms with E-state index in [1.54, 1.807) is 13.0 Å². The van der Waals surface area contributed by atoms with Gasteiger partial charge in [-0.3, -0.25) is 14.6 Å². The standard InChI is InChI=1S/C34H40N4O4/c1-4-41-32(40)18-10-17-31-35-36-34(42-31)29-15-8-13-27(19-29)33(28-14-9-16-30(39)20-28)38-22-24(2)37(21-25(38)3)23-26-11-6-5-7-12-26/h5-9,11-16,19-20,24-25,33,39H,4,10,17-18,21-23H2,1-3H3/t24-,25+,33-/m1/s1. The van der Waals surface area contributed by atoms with Gasteiger partial charge in [0.05, 0.1) is 12.6 Å². The molecule has 1 saturated heterocycles. The van der Waals surface area contributed by atoms with Crippen LogP contribution in [0.15, 0.2) is 83.3 Å². The molecule has 0 saturated carbocycles. The number of hydrogen-bond acceptors (Lipinski definition) is 8. The van der Waals surface area contributed by atoms with E-state index in [0.29, 0.717) is 43.7 Å². The average molecular weight is 569 g/mol. The molecule has 220 valence electrons. The van der Waals surface area contributed by atoms with Gasteiger partial charge in [-0.1, -0.05) is 54.6 Å². The maximum atomic E-state index is 11.7. The zero-order valence-corrected chi connectivity index (χ0v) is 24.6. The van der Waals surface area contributed by atoms with Crippen LogP contribution in [-0.2, 0) is 22.5 Å². The van der Waals surface area contributed by atoms with Crippen molar-refractivity contribution in [3.05, 3.63) is 101 Å². The molecule has 0 aliphatic carbocycles. The number of piperazine rings is 1. The number of benzene rings is 3. The Balaban J connectivity index is 1.38. The molecular formula is C34H40N4O4. The van der Waals surface area contributed by atoms with Crippen LogP contribution < -0.4 is 0 Å². The highest BCUT2D eigenvalue weighted by Gasteiger charge is 2.35. The Kier molecular flexibility index (Phi) is 9.66. The summed E-state index contributed by atoms with van der Waals surface area (Å²) in [6, 6.07) is 27.0. The van der Waals surface area contributed by atoms with Gasteiger partial charge in [-0.05, 0) is 68.1 Å². The Morgan fingerprint density at radius 1 is 0.976 bits per heavy atom. The van der Waals surface area contributed by atoms with E-state index in [1.807, 2.05) is 24.3 Å². The first kappa shape index (κ1) is 29.5. The fourth-order valence-corrected chi connectivity index (χ4v) is 5.82. The number of nitrogens with zero attached hydrogens (tertiary/aromatic N) is 4. The second-order valence-electron chi connectivity index (χ2n) is 11.1. The largest absolute Gasteiger partial charge is 0.508 e. The minimum absolute atomic E-state index is 0.0691. The van der Waals surface area contributed by atoms with Crippen LogP contribution in [0.25, 0.3) is 11.5 Å². The number of phenolic OH excluding ortho intramolecular Hbond substituents is 1. The van der Waals surface area contributed by atoms with Gasteiger partial charge in [0, 0.05) is 50.1 Å². The van der Waals surface area contributed by atoms with Crippen molar-refractivity contribution < 1.29 is 19.1 Å². The Morgan fingerprint density at radius 3 is 2.50 bits per heavy atom.